The number of ether oxygens (including phenoxy) is 1. The molecule has 9 nitrogen and oxygen atoms in total. The molecule has 21 heavy (non-hydrogen) atoms. The van der Waals surface area contributed by atoms with Gasteiger partial charge in [0, 0.05) is 12.5 Å². The number of hydrogen-bond acceptors (Lipinski definition) is 8. The van der Waals surface area contributed by atoms with Gasteiger partial charge in [-0.05, 0) is 6.42 Å². The summed E-state index contributed by atoms with van der Waals surface area (Å²) in [5.74, 6) is 0.0720. The maximum absolute atomic E-state index is 10.3. The van der Waals surface area contributed by atoms with E-state index in [1.54, 1.807) is 0 Å². The smallest absolute Gasteiger partial charge is 0.167 e. The number of hydrogen-bond donors (Lipinski definition) is 4. The van der Waals surface area contributed by atoms with Gasteiger partial charge in [0.25, 0.3) is 0 Å². The summed E-state index contributed by atoms with van der Waals surface area (Å²) >= 11 is 0. The second-order valence-corrected chi connectivity index (χ2v) is 5.57. The average molecular weight is 293 g/mol. The summed E-state index contributed by atoms with van der Waals surface area (Å²) in [6, 6.07) is 0. The molecule has 0 bridgehead atoms. The van der Waals surface area contributed by atoms with Gasteiger partial charge in [-0.1, -0.05) is 0 Å². The van der Waals surface area contributed by atoms with Crippen LogP contribution in [0.5, 0.6) is 0 Å². The monoisotopic (exact) mass is 293 g/mol. The quantitative estimate of drug-likeness (QED) is 0.519. The summed E-state index contributed by atoms with van der Waals surface area (Å²) in [7, 11) is 0. The molecule has 4 rings (SSSR count). The van der Waals surface area contributed by atoms with Crippen LogP contribution >= 0.6 is 0 Å². The van der Waals surface area contributed by atoms with E-state index in [2.05, 4.69) is 15.0 Å². The molecule has 2 fully saturated rings. The largest absolute Gasteiger partial charge is 0.396 e. The number of rotatable bonds is 2. The molecule has 1 unspecified atom stereocenters. The van der Waals surface area contributed by atoms with Crippen LogP contribution in [0.2, 0.25) is 0 Å². The standard InChI is InChI=1S/C12H15N5O4/c13-9-6-10(15-3-14-9)17(4-16-6)11-7(19)8(20)12(21-11)1-5(12)2-18/h3-5,7-8,11,18-20H,1-2H2,(H2,13,14,15)/t5-,7-,8?,11+,12+/m0/s1. The molecule has 3 heterocycles. The fraction of sp³-hybridized carbons (Fsp3) is 0.583. The number of anilines is 1. The molecule has 9 heteroatoms. The van der Waals surface area contributed by atoms with E-state index in [-0.39, 0.29) is 18.3 Å². The zero-order valence-electron chi connectivity index (χ0n) is 11.0. The summed E-state index contributed by atoms with van der Waals surface area (Å²) in [5.41, 5.74) is 5.69. The summed E-state index contributed by atoms with van der Waals surface area (Å²) in [6.07, 6.45) is 0.257. The topological polar surface area (TPSA) is 140 Å². The molecule has 112 valence electrons. The van der Waals surface area contributed by atoms with Crippen molar-refractivity contribution in [2.75, 3.05) is 12.3 Å². The van der Waals surface area contributed by atoms with Crippen LogP contribution in [-0.4, -0.2) is 59.3 Å². The first kappa shape index (κ1) is 12.9. The molecule has 1 aliphatic heterocycles. The molecular formula is C12H15N5O4. The van der Waals surface area contributed by atoms with E-state index in [0.717, 1.165) is 0 Å². The summed E-state index contributed by atoms with van der Waals surface area (Å²) in [6.45, 7) is -0.0870. The van der Waals surface area contributed by atoms with E-state index in [4.69, 9.17) is 10.5 Å². The summed E-state index contributed by atoms with van der Waals surface area (Å²) in [5, 5.41) is 29.7. The van der Waals surface area contributed by atoms with Crippen molar-refractivity contribution in [3.63, 3.8) is 0 Å². The van der Waals surface area contributed by atoms with E-state index in [0.29, 0.717) is 17.6 Å². The van der Waals surface area contributed by atoms with Gasteiger partial charge in [-0.15, -0.1) is 0 Å². The SMILES string of the molecule is Nc1ncnc2c1ncn2[C@@H]1O[C@@]2(C[C@H]2CO)C(O)[C@@H]1O. The zero-order chi connectivity index (χ0) is 14.8. The van der Waals surface area contributed by atoms with Crippen LogP contribution in [0.15, 0.2) is 12.7 Å². The van der Waals surface area contributed by atoms with Crippen molar-refractivity contribution in [2.45, 2.75) is 30.5 Å². The molecule has 2 aromatic heterocycles. The Hall–Kier alpha value is -1.81. The van der Waals surface area contributed by atoms with E-state index < -0.39 is 24.0 Å². The lowest BCUT2D eigenvalue weighted by Gasteiger charge is -2.16. The Kier molecular flexibility index (Phi) is 2.52. The third-order valence-electron chi connectivity index (χ3n) is 4.43. The molecule has 0 aromatic carbocycles. The van der Waals surface area contributed by atoms with Crippen molar-refractivity contribution in [2.24, 2.45) is 5.92 Å². The Morgan fingerprint density at radius 3 is 2.90 bits per heavy atom. The average Bonchev–Trinajstić information content (AvgIpc) is 2.94. The van der Waals surface area contributed by atoms with Crippen molar-refractivity contribution in [1.82, 2.24) is 19.5 Å². The summed E-state index contributed by atoms with van der Waals surface area (Å²) < 4.78 is 7.37. The molecule has 1 spiro atoms. The van der Waals surface area contributed by atoms with Crippen LogP contribution < -0.4 is 5.73 Å². The number of aliphatic hydroxyl groups is 3. The predicted octanol–water partition coefficient (Wildman–Crippen LogP) is -1.59. The van der Waals surface area contributed by atoms with Crippen LogP contribution in [0.3, 0.4) is 0 Å². The fourth-order valence-electron chi connectivity index (χ4n) is 3.14. The highest BCUT2D eigenvalue weighted by atomic mass is 16.6. The normalized spacial score (nSPS) is 38.4. The lowest BCUT2D eigenvalue weighted by Crippen LogP contribution is -2.34. The van der Waals surface area contributed by atoms with Crippen molar-refractivity contribution < 1.29 is 20.1 Å². The fourth-order valence-corrected chi connectivity index (χ4v) is 3.14. The van der Waals surface area contributed by atoms with Gasteiger partial charge in [-0.3, -0.25) is 4.57 Å². The molecular weight excluding hydrogens is 278 g/mol. The van der Waals surface area contributed by atoms with Crippen LogP contribution in [-0.2, 0) is 4.74 Å². The number of nitrogens with zero attached hydrogens (tertiary/aromatic N) is 4. The van der Waals surface area contributed by atoms with Gasteiger partial charge in [0.1, 0.15) is 29.7 Å². The van der Waals surface area contributed by atoms with Gasteiger partial charge >= 0.3 is 0 Å². The number of nitrogen functional groups attached to an aromatic ring is 1. The van der Waals surface area contributed by atoms with E-state index >= 15 is 0 Å². The second-order valence-electron chi connectivity index (χ2n) is 5.57. The lowest BCUT2D eigenvalue weighted by molar-refractivity contribution is -0.0563. The molecule has 0 radical (unpaired) electrons. The van der Waals surface area contributed by atoms with Gasteiger partial charge in [0.2, 0.25) is 0 Å². The van der Waals surface area contributed by atoms with E-state index in [1.807, 2.05) is 0 Å². The molecule has 2 aromatic rings. The van der Waals surface area contributed by atoms with Crippen LogP contribution in [0.25, 0.3) is 11.2 Å². The molecule has 1 saturated carbocycles. The Bertz CT molecular complexity index is 706. The van der Waals surface area contributed by atoms with Gasteiger partial charge in [0.05, 0.1) is 6.33 Å². The van der Waals surface area contributed by atoms with Crippen molar-refractivity contribution in [3.8, 4) is 0 Å². The number of fused-ring (bicyclic) bond motifs is 1. The van der Waals surface area contributed by atoms with Crippen molar-refractivity contribution in [3.05, 3.63) is 12.7 Å². The maximum atomic E-state index is 10.3. The van der Waals surface area contributed by atoms with Gasteiger partial charge in [-0.25, -0.2) is 15.0 Å². The predicted molar refractivity (Wildman–Crippen MR) is 69.8 cm³/mol. The maximum Gasteiger partial charge on any atom is 0.167 e. The minimum atomic E-state index is -1.13. The van der Waals surface area contributed by atoms with Gasteiger partial charge in [-0.2, -0.15) is 0 Å². The first-order valence-electron chi connectivity index (χ1n) is 6.66. The highest BCUT2D eigenvalue weighted by molar-refractivity contribution is 5.81. The summed E-state index contributed by atoms with van der Waals surface area (Å²) in [4.78, 5) is 12.1. The number of imidazole rings is 1. The van der Waals surface area contributed by atoms with Crippen molar-refractivity contribution in [1.29, 1.82) is 0 Å². The highest BCUT2D eigenvalue weighted by Gasteiger charge is 2.68. The lowest BCUT2D eigenvalue weighted by atomic mass is 10.1. The number of aromatic nitrogens is 4. The Morgan fingerprint density at radius 2 is 2.19 bits per heavy atom. The van der Waals surface area contributed by atoms with E-state index in [9.17, 15) is 15.3 Å². The molecule has 5 atom stereocenters. The highest BCUT2D eigenvalue weighted by Crippen LogP contribution is 2.57. The molecule has 5 N–H and O–H groups in total. The Morgan fingerprint density at radius 1 is 1.38 bits per heavy atom. The zero-order valence-corrected chi connectivity index (χ0v) is 11.0. The molecule has 1 aliphatic carbocycles. The third-order valence-corrected chi connectivity index (χ3v) is 4.43. The second kappa shape index (κ2) is 4.10. The first-order chi connectivity index (χ1) is 10.1. The van der Waals surface area contributed by atoms with Gasteiger partial charge in [0.15, 0.2) is 17.7 Å². The minimum Gasteiger partial charge on any atom is -0.396 e. The Labute approximate surface area is 119 Å². The van der Waals surface area contributed by atoms with Crippen molar-refractivity contribution >= 4 is 17.0 Å². The third kappa shape index (κ3) is 1.57. The minimum absolute atomic E-state index is 0.0870. The van der Waals surface area contributed by atoms with Gasteiger partial charge < -0.3 is 25.8 Å². The van der Waals surface area contributed by atoms with Crippen LogP contribution in [0, 0.1) is 5.92 Å². The number of nitrogens with two attached hydrogens (primary N) is 1. The molecule has 0 amide bonds. The first-order valence-corrected chi connectivity index (χ1v) is 6.66. The number of aliphatic hydroxyl groups excluding tert-OH is 3. The molecule has 1 saturated heterocycles. The van der Waals surface area contributed by atoms with E-state index in [1.165, 1.54) is 17.2 Å². The van der Waals surface area contributed by atoms with Crippen LogP contribution in [0.4, 0.5) is 5.82 Å². The van der Waals surface area contributed by atoms with Crippen LogP contribution in [0.1, 0.15) is 12.6 Å². The molecule has 2 aliphatic rings. The Balaban J connectivity index is 1.75.